The number of nitrogens with zero attached hydrogens (tertiary/aromatic N) is 3. The molecule has 0 aliphatic carbocycles. The summed E-state index contributed by atoms with van der Waals surface area (Å²) >= 11 is 6.01. The monoisotopic (exact) mass is 312 g/mol. The van der Waals surface area contributed by atoms with Crippen LogP contribution in [0.1, 0.15) is 10.4 Å². The summed E-state index contributed by atoms with van der Waals surface area (Å²) in [6.07, 6.45) is 1.18. The highest BCUT2D eigenvalue weighted by Crippen LogP contribution is 2.25. The predicted molar refractivity (Wildman–Crippen MR) is 74.2 cm³/mol. The Hall–Kier alpha value is -2.35. The zero-order chi connectivity index (χ0) is 15.6. The topological polar surface area (TPSA) is 117 Å². The molecule has 112 valence electrons. The molecule has 1 aromatic heterocycles. The molecule has 2 heterocycles. The minimum absolute atomic E-state index is 0.00637. The summed E-state index contributed by atoms with van der Waals surface area (Å²) in [6.45, 7) is 0.636. The number of nitrogens with two attached hydrogens (primary N) is 1. The van der Waals surface area contributed by atoms with Gasteiger partial charge in [0.15, 0.2) is 0 Å². The molecule has 2 rings (SSSR count). The summed E-state index contributed by atoms with van der Waals surface area (Å²) in [5.74, 6) is -1.62. The number of carboxylic acid groups (broad SMARTS) is 1. The van der Waals surface area contributed by atoms with E-state index < -0.39 is 11.9 Å². The van der Waals surface area contributed by atoms with Crippen molar-refractivity contribution in [2.45, 2.75) is 0 Å². The first-order chi connectivity index (χ1) is 9.88. The van der Waals surface area contributed by atoms with Gasteiger partial charge in [0, 0.05) is 19.3 Å². The number of carbonyl (C=O) groups is 3. The predicted octanol–water partition coefficient (Wildman–Crippen LogP) is -0.433. The molecule has 2 amide bonds. The number of aromatic nitrogens is 1. The maximum absolute atomic E-state index is 11.9. The molecule has 1 aromatic rings. The zero-order valence-corrected chi connectivity index (χ0v) is 11.7. The Labute approximate surface area is 125 Å². The van der Waals surface area contributed by atoms with Crippen molar-refractivity contribution in [1.82, 2.24) is 9.88 Å². The van der Waals surface area contributed by atoms with Gasteiger partial charge in [0.05, 0.1) is 23.7 Å². The number of primary amides is 1. The van der Waals surface area contributed by atoms with Crippen molar-refractivity contribution < 1.29 is 19.5 Å². The summed E-state index contributed by atoms with van der Waals surface area (Å²) in [5, 5.41) is 9.01. The van der Waals surface area contributed by atoms with Crippen molar-refractivity contribution in [2.24, 2.45) is 5.73 Å². The highest BCUT2D eigenvalue weighted by Gasteiger charge is 2.27. The molecule has 0 radical (unpaired) electrons. The van der Waals surface area contributed by atoms with Crippen LogP contribution in [0.15, 0.2) is 12.3 Å². The fourth-order valence-corrected chi connectivity index (χ4v) is 2.31. The van der Waals surface area contributed by atoms with Gasteiger partial charge in [0.1, 0.15) is 5.82 Å². The fraction of sp³-hybridized carbons (Fsp3) is 0.333. The van der Waals surface area contributed by atoms with Gasteiger partial charge in [-0.1, -0.05) is 11.6 Å². The number of carbonyl (C=O) groups excluding carboxylic acids is 2. The fourth-order valence-electron chi connectivity index (χ4n) is 2.02. The smallest absolute Gasteiger partial charge is 0.337 e. The molecule has 0 atom stereocenters. The van der Waals surface area contributed by atoms with Crippen molar-refractivity contribution in [2.75, 3.05) is 31.1 Å². The molecule has 8 nitrogen and oxygen atoms in total. The third kappa shape index (κ3) is 3.40. The van der Waals surface area contributed by atoms with Crippen LogP contribution in [0, 0.1) is 0 Å². The Morgan fingerprint density at radius 1 is 1.43 bits per heavy atom. The summed E-state index contributed by atoms with van der Waals surface area (Å²) < 4.78 is 0. The van der Waals surface area contributed by atoms with E-state index in [2.05, 4.69) is 4.98 Å². The number of hydrogen-bond donors (Lipinski definition) is 2. The van der Waals surface area contributed by atoms with Gasteiger partial charge in [-0.15, -0.1) is 0 Å². The van der Waals surface area contributed by atoms with Crippen LogP contribution < -0.4 is 10.6 Å². The molecule has 0 unspecified atom stereocenters. The van der Waals surface area contributed by atoms with Gasteiger partial charge in [-0.05, 0) is 6.07 Å². The summed E-state index contributed by atoms with van der Waals surface area (Å²) in [5.41, 5.74) is 5.04. The lowest BCUT2D eigenvalue weighted by Gasteiger charge is -2.34. The van der Waals surface area contributed by atoms with Gasteiger partial charge in [-0.3, -0.25) is 9.59 Å². The molecule has 0 saturated carbocycles. The van der Waals surface area contributed by atoms with Crippen LogP contribution in [0.25, 0.3) is 0 Å². The largest absolute Gasteiger partial charge is 0.478 e. The number of amides is 2. The average molecular weight is 313 g/mol. The minimum atomic E-state index is -1.13. The van der Waals surface area contributed by atoms with E-state index in [1.165, 1.54) is 17.2 Å². The lowest BCUT2D eigenvalue weighted by Crippen LogP contribution is -2.52. The van der Waals surface area contributed by atoms with Crippen molar-refractivity contribution in [1.29, 1.82) is 0 Å². The number of rotatable bonds is 4. The van der Waals surface area contributed by atoms with E-state index in [-0.39, 0.29) is 29.6 Å². The summed E-state index contributed by atoms with van der Waals surface area (Å²) in [7, 11) is 0. The molecule has 1 aliphatic rings. The minimum Gasteiger partial charge on any atom is -0.478 e. The third-order valence-electron chi connectivity index (χ3n) is 3.03. The first kappa shape index (κ1) is 15.0. The summed E-state index contributed by atoms with van der Waals surface area (Å²) in [6, 6.07) is 1.28. The second kappa shape index (κ2) is 5.96. The molecule has 1 aliphatic heterocycles. The van der Waals surface area contributed by atoms with Gasteiger partial charge >= 0.3 is 5.97 Å². The molecular weight excluding hydrogens is 300 g/mol. The second-order valence-electron chi connectivity index (χ2n) is 4.54. The molecule has 21 heavy (non-hydrogen) atoms. The number of piperazine rings is 1. The Bertz CT molecular complexity index is 607. The normalized spacial score (nSPS) is 15.2. The standard InChI is InChI=1S/C12H13ClN4O4/c13-8-3-7(12(20)21)4-15-11(8)17-2-1-16(5-9(14)18)10(19)6-17/h3-4H,1-2,5-6H2,(H2,14,18)(H,20,21). The Kier molecular flexibility index (Phi) is 4.27. The molecule has 0 aromatic carbocycles. The molecule has 0 spiro atoms. The lowest BCUT2D eigenvalue weighted by atomic mass is 10.2. The molecule has 1 fully saturated rings. The first-order valence-corrected chi connectivity index (χ1v) is 6.46. The van der Waals surface area contributed by atoms with Crippen LogP contribution in [0.4, 0.5) is 5.82 Å². The second-order valence-corrected chi connectivity index (χ2v) is 4.94. The molecule has 9 heteroatoms. The molecule has 3 N–H and O–H groups in total. The number of anilines is 1. The van der Waals surface area contributed by atoms with Crippen LogP contribution in [0.2, 0.25) is 5.02 Å². The summed E-state index contributed by atoms with van der Waals surface area (Å²) in [4.78, 5) is 40.6. The van der Waals surface area contributed by atoms with Crippen molar-refractivity contribution in [3.05, 3.63) is 22.8 Å². The Morgan fingerprint density at radius 3 is 2.67 bits per heavy atom. The van der Waals surface area contributed by atoms with Gasteiger partial charge in [0.25, 0.3) is 0 Å². The van der Waals surface area contributed by atoms with Crippen LogP contribution in [-0.2, 0) is 9.59 Å². The first-order valence-electron chi connectivity index (χ1n) is 6.08. The lowest BCUT2D eigenvalue weighted by molar-refractivity contribution is -0.135. The van der Waals surface area contributed by atoms with E-state index in [9.17, 15) is 14.4 Å². The van der Waals surface area contributed by atoms with E-state index in [0.29, 0.717) is 18.9 Å². The van der Waals surface area contributed by atoms with E-state index in [0.717, 1.165) is 0 Å². The van der Waals surface area contributed by atoms with Crippen molar-refractivity contribution in [3.8, 4) is 0 Å². The highest BCUT2D eigenvalue weighted by atomic mass is 35.5. The van der Waals surface area contributed by atoms with E-state index in [1.54, 1.807) is 4.90 Å². The van der Waals surface area contributed by atoms with Gasteiger partial charge in [0.2, 0.25) is 11.8 Å². The average Bonchev–Trinajstić information content (AvgIpc) is 2.40. The van der Waals surface area contributed by atoms with Gasteiger partial charge < -0.3 is 20.6 Å². The third-order valence-corrected chi connectivity index (χ3v) is 3.31. The highest BCUT2D eigenvalue weighted by molar-refractivity contribution is 6.33. The van der Waals surface area contributed by atoms with Gasteiger partial charge in [-0.2, -0.15) is 0 Å². The van der Waals surface area contributed by atoms with Crippen LogP contribution >= 0.6 is 11.6 Å². The van der Waals surface area contributed by atoms with E-state index in [1.807, 2.05) is 0 Å². The van der Waals surface area contributed by atoms with E-state index in [4.69, 9.17) is 22.4 Å². The molecular formula is C12H13ClN4O4. The Morgan fingerprint density at radius 2 is 2.14 bits per heavy atom. The molecule has 1 saturated heterocycles. The van der Waals surface area contributed by atoms with Crippen LogP contribution in [0.3, 0.4) is 0 Å². The SMILES string of the molecule is NC(=O)CN1CCN(c2ncc(C(=O)O)cc2Cl)CC1=O. The number of hydrogen-bond acceptors (Lipinski definition) is 5. The zero-order valence-electron chi connectivity index (χ0n) is 11.0. The number of pyridine rings is 1. The maximum Gasteiger partial charge on any atom is 0.337 e. The van der Waals surface area contributed by atoms with Gasteiger partial charge in [-0.25, -0.2) is 9.78 Å². The molecule has 0 bridgehead atoms. The van der Waals surface area contributed by atoms with E-state index >= 15 is 0 Å². The maximum atomic E-state index is 11.9. The number of aromatic carboxylic acids is 1. The van der Waals surface area contributed by atoms with Crippen molar-refractivity contribution >= 4 is 35.2 Å². The Balaban J connectivity index is 2.13. The quantitative estimate of drug-likeness (QED) is 0.779. The van der Waals surface area contributed by atoms with Crippen LogP contribution in [0.5, 0.6) is 0 Å². The number of halogens is 1. The van der Waals surface area contributed by atoms with Crippen molar-refractivity contribution in [3.63, 3.8) is 0 Å². The number of carboxylic acids is 1. The van der Waals surface area contributed by atoms with Crippen LogP contribution in [-0.4, -0.2) is 59.0 Å².